The van der Waals surface area contributed by atoms with Gasteiger partial charge < -0.3 is 35.0 Å². The Hall–Kier alpha value is -3.06. The summed E-state index contributed by atoms with van der Waals surface area (Å²) >= 11 is 0. The summed E-state index contributed by atoms with van der Waals surface area (Å²) in [6.07, 6.45) is 13.4. The molecule has 2 aromatic rings. The van der Waals surface area contributed by atoms with Crippen molar-refractivity contribution >= 4 is 13.6 Å². The molecule has 0 spiro atoms. The van der Waals surface area contributed by atoms with Gasteiger partial charge in [-0.3, -0.25) is 28.0 Å². The number of aliphatic hydroxyl groups is 3. The number of ether oxygens (including phenoxy) is 2. The summed E-state index contributed by atoms with van der Waals surface area (Å²) in [4.78, 5) is 52.5. The lowest BCUT2D eigenvalue weighted by Gasteiger charge is -2.21. The number of hydrogen-bond acceptors (Lipinski definition) is 13. The van der Waals surface area contributed by atoms with Crippen LogP contribution in [0.2, 0.25) is 0 Å². The van der Waals surface area contributed by atoms with E-state index in [1.807, 2.05) is 0 Å². The quantitative estimate of drug-likeness (QED) is 0.0476. The van der Waals surface area contributed by atoms with Gasteiger partial charge in [0.05, 0.1) is 19.4 Å². The number of aromatic nitrogens is 4. The highest BCUT2D eigenvalue weighted by atomic mass is 31.2. The second-order valence-electron chi connectivity index (χ2n) is 14.0. The lowest BCUT2D eigenvalue weighted by atomic mass is 10.1. The predicted molar refractivity (Wildman–Crippen MR) is 200 cm³/mol. The molecule has 55 heavy (non-hydrogen) atoms. The Balaban J connectivity index is 1.14. The molecule has 1 unspecified atom stereocenters. The van der Waals surface area contributed by atoms with Gasteiger partial charge in [0, 0.05) is 19.2 Å². The van der Waals surface area contributed by atoms with Crippen molar-refractivity contribution in [2.75, 3.05) is 25.1 Å². The maximum atomic E-state index is 13.8. The van der Waals surface area contributed by atoms with Crippen molar-refractivity contribution in [2.24, 2.45) is 0 Å². The van der Waals surface area contributed by atoms with E-state index in [0.717, 1.165) is 30.3 Å². The number of hydrogen-bond donors (Lipinski definition) is 6. The highest BCUT2D eigenvalue weighted by Gasteiger charge is 2.46. The minimum Gasteiger partial charge on any atom is -0.394 e. The molecule has 8 atom stereocenters. The van der Waals surface area contributed by atoms with E-state index in [9.17, 15) is 43.6 Å². The average Bonchev–Trinajstić information content (AvgIpc) is 3.68. The zero-order chi connectivity index (χ0) is 39.8. The van der Waals surface area contributed by atoms with E-state index in [1.54, 1.807) is 4.98 Å². The molecule has 2 saturated heterocycles. The third-order valence-corrected chi connectivity index (χ3v) is 10.7. The fraction of sp³-hybridized carbons (Fsp3) is 0.722. The molecule has 0 aromatic carbocycles. The normalized spacial score (nSPS) is 25.2. The van der Waals surface area contributed by atoms with Gasteiger partial charge in [-0.1, -0.05) is 76.9 Å². The zero-order valence-corrected chi connectivity index (χ0v) is 32.3. The van der Waals surface area contributed by atoms with E-state index in [0.29, 0.717) is 23.1 Å². The number of H-pyrrole nitrogens is 1. The molecule has 2 aliphatic heterocycles. The number of nitrogens with one attached hydrogen (secondary N) is 2. The highest BCUT2D eigenvalue weighted by molar-refractivity contribution is 7.47. The number of allylic oxidation sites excluding steroid dienone is 2. The third-order valence-electron chi connectivity index (χ3n) is 9.70. The zero-order valence-electron chi connectivity index (χ0n) is 31.4. The van der Waals surface area contributed by atoms with Gasteiger partial charge in [0.1, 0.15) is 42.6 Å². The second kappa shape index (κ2) is 22.6. The third kappa shape index (κ3) is 13.8. The topological polar surface area (TPSA) is 237 Å². The summed E-state index contributed by atoms with van der Waals surface area (Å²) < 4.78 is 49.5. The van der Waals surface area contributed by atoms with E-state index >= 15 is 0 Å². The largest absolute Gasteiger partial charge is 0.472 e. The van der Waals surface area contributed by atoms with Gasteiger partial charge in [0.2, 0.25) is 5.82 Å². The van der Waals surface area contributed by atoms with Crippen LogP contribution in [0, 0.1) is 5.82 Å². The average molecular weight is 802 g/mol. The molecule has 4 rings (SSSR count). The van der Waals surface area contributed by atoms with Crippen molar-refractivity contribution in [2.45, 2.75) is 146 Å². The van der Waals surface area contributed by atoms with Crippen LogP contribution in [-0.2, 0) is 23.1 Å². The number of aliphatic hydroxyl groups excluding tert-OH is 3. The fourth-order valence-electron chi connectivity index (χ4n) is 6.58. The van der Waals surface area contributed by atoms with Crippen molar-refractivity contribution < 1.29 is 47.7 Å². The van der Waals surface area contributed by atoms with Gasteiger partial charge in [-0.15, -0.1) is 0 Å². The molecule has 0 aliphatic carbocycles. The Morgan fingerprint density at radius 3 is 2.27 bits per heavy atom. The number of phosphoric acid groups is 1. The molecule has 0 saturated carbocycles. The van der Waals surface area contributed by atoms with Crippen LogP contribution in [0.5, 0.6) is 0 Å². The molecule has 19 heteroatoms. The van der Waals surface area contributed by atoms with Gasteiger partial charge in [0.15, 0.2) is 6.23 Å². The van der Waals surface area contributed by atoms with Crippen LogP contribution in [0.1, 0.15) is 116 Å². The first-order valence-corrected chi connectivity index (χ1v) is 20.9. The van der Waals surface area contributed by atoms with Crippen LogP contribution in [0.4, 0.5) is 10.2 Å². The maximum Gasteiger partial charge on any atom is 0.472 e. The standard InChI is InChI=1S/C36H57FN5O12P/c1-2-3-4-5-6-7-8-9-10-11-12-13-14-15-16-17-19-38-29-18-20-41(35(47)39-29)34-32(45)31(44)28(53-34)24-51-55(49,50)54-26-21-30(52-27(26)23-43)42-22-25(37)33(46)40-36(42)48/h9-10,18,20,22,26-28,30-32,34,43-45H,2-8,11-17,19,21,23-24H2,1H3,(H,49,50)(H,38,39,47)(H,40,46,48)/b10-9-/t26-,27+,28+,30+,31+,32+,34+/m1/s1. The molecular weight excluding hydrogens is 744 g/mol. The molecule has 0 radical (unpaired) electrons. The lowest BCUT2D eigenvalue weighted by Crippen LogP contribution is -2.36. The van der Waals surface area contributed by atoms with Gasteiger partial charge >= 0.3 is 19.2 Å². The van der Waals surface area contributed by atoms with E-state index in [2.05, 4.69) is 29.4 Å². The van der Waals surface area contributed by atoms with Crippen molar-refractivity contribution in [3.63, 3.8) is 0 Å². The highest BCUT2D eigenvalue weighted by Crippen LogP contribution is 2.49. The molecule has 4 heterocycles. The molecule has 2 aliphatic rings. The molecule has 0 amide bonds. The van der Waals surface area contributed by atoms with Crippen LogP contribution in [0.3, 0.4) is 0 Å². The van der Waals surface area contributed by atoms with Gasteiger partial charge in [-0.05, 0) is 38.2 Å². The van der Waals surface area contributed by atoms with E-state index in [4.69, 9.17) is 18.5 Å². The first kappa shape index (κ1) is 44.7. The molecule has 2 fully saturated rings. The van der Waals surface area contributed by atoms with Crippen LogP contribution < -0.4 is 22.3 Å². The number of phosphoric ester groups is 1. The minimum atomic E-state index is -4.95. The van der Waals surface area contributed by atoms with Crippen LogP contribution >= 0.6 is 7.82 Å². The second-order valence-corrected chi connectivity index (χ2v) is 15.4. The molecule has 310 valence electrons. The summed E-state index contributed by atoms with van der Waals surface area (Å²) in [6, 6.07) is 1.54. The van der Waals surface area contributed by atoms with Crippen molar-refractivity contribution in [3.05, 3.63) is 67.8 Å². The monoisotopic (exact) mass is 801 g/mol. The molecular formula is C36H57FN5O12P. The van der Waals surface area contributed by atoms with E-state index in [-0.39, 0.29) is 6.42 Å². The first-order chi connectivity index (χ1) is 26.4. The SMILES string of the molecule is CCCCCCCC/C=C\CCCCCCCCNc1ccn([C@H]2O[C@@H](COP(=O)(O)O[C@@H]3C[C@@H](n4cc(F)c(=O)[nH]c4=O)O[C@H]3CO)[C@H](O)[C@@H]2O)c(=O)n1. The summed E-state index contributed by atoms with van der Waals surface area (Å²) in [5.74, 6) is -0.931. The van der Waals surface area contributed by atoms with Gasteiger partial charge in [-0.2, -0.15) is 9.37 Å². The van der Waals surface area contributed by atoms with Crippen LogP contribution in [0.25, 0.3) is 0 Å². The van der Waals surface area contributed by atoms with Crippen LogP contribution in [-0.4, -0.2) is 89.6 Å². The Morgan fingerprint density at radius 2 is 1.62 bits per heavy atom. The number of unbranched alkanes of at least 4 members (excludes halogenated alkanes) is 12. The Bertz CT molecular complexity index is 1720. The van der Waals surface area contributed by atoms with Crippen molar-refractivity contribution in [3.8, 4) is 0 Å². The summed E-state index contributed by atoms with van der Waals surface area (Å²) in [5.41, 5.74) is -3.01. The van der Waals surface area contributed by atoms with Gasteiger partial charge in [0.25, 0.3) is 5.56 Å². The number of rotatable bonds is 25. The number of aromatic amines is 1. The molecule has 2 aromatic heterocycles. The van der Waals surface area contributed by atoms with Gasteiger partial charge in [-0.25, -0.2) is 14.2 Å². The molecule has 6 N–H and O–H groups in total. The van der Waals surface area contributed by atoms with E-state index < -0.39 is 86.8 Å². The number of nitrogens with zero attached hydrogens (tertiary/aromatic N) is 3. The summed E-state index contributed by atoms with van der Waals surface area (Å²) in [6.45, 7) is 1.39. The molecule has 0 bridgehead atoms. The van der Waals surface area contributed by atoms with E-state index in [1.165, 1.54) is 76.5 Å². The maximum absolute atomic E-state index is 13.8. The summed E-state index contributed by atoms with van der Waals surface area (Å²) in [7, 11) is -4.95. The Kier molecular flexibility index (Phi) is 18.4. The fourth-order valence-corrected chi connectivity index (χ4v) is 7.54. The predicted octanol–water partition coefficient (Wildman–Crippen LogP) is 3.78. The first-order valence-electron chi connectivity index (χ1n) is 19.4. The Labute approximate surface area is 319 Å². The van der Waals surface area contributed by atoms with Crippen molar-refractivity contribution in [1.82, 2.24) is 19.1 Å². The Morgan fingerprint density at radius 1 is 0.964 bits per heavy atom. The summed E-state index contributed by atoms with van der Waals surface area (Å²) in [5, 5.41) is 34.0. The smallest absolute Gasteiger partial charge is 0.394 e. The lowest BCUT2D eigenvalue weighted by molar-refractivity contribution is -0.0614. The number of anilines is 1. The van der Waals surface area contributed by atoms with Crippen molar-refractivity contribution in [1.29, 1.82) is 0 Å². The minimum absolute atomic E-state index is 0.313. The number of halogens is 1. The van der Waals surface area contributed by atoms with Crippen LogP contribution in [0.15, 0.2) is 45.0 Å². The molecule has 17 nitrogen and oxygen atoms in total.